The fourth-order valence-corrected chi connectivity index (χ4v) is 4.83. The molecule has 1 aliphatic heterocycles. The largest absolute Gasteiger partial charge is 0.489 e. The number of benzene rings is 1. The molecular weight excluding hydrogens is 495 g/mol. The summed E-state index contributed by atoms with van der Waals surface area (Å²) < 4.78 is 48.1. The average Bonchev–Trinajstić information content (AvgIpc) is 3.00. The number of rotatable bonds is 3. The first-order valence-corrected chi connectivity index (χ1v) is 11.4. The number of nitrogens with two attached hydrogens (primary N) is 2. The second kappa shape index (κ2) is 8.66. The lowest BCUT2D eigenvalue weighted by Crippen LogP contribution is -2.31. The highest BCUT2D eigenvalue weighted by Gasteiger charge is 2.38. The first kappa shape index (κ1) is 23.9. The molecule has 0 saturated heterocycles. The molecule has 0 amide bonds. The summed E-state index contributed by atoms with van der Waals surface area (Å²) >= 11 is 6.72. The molecule has 0 unspecified atom stereocenters. The van der Waals surface area contributed by atoms with Crippen LogP contribution in [-0.2, 0) is 6.18 Å². The smallest absolute Gasteiger partial charge is 0.418 e. The van der Waals surface area contributed by atoms with Gasteiger partial charge in [0, 0.05) is 18.0 Å². The molecule has 1 atom stereocenters. The fraction of sp³-hybridized carbons (Fsp3) is 0.250. The van der Waals surface area contributed by atoms with E-state index in [1.807, 2.05) is 17.9 Å². The summed E-state index contributed by atoms with van der Waals surface area (Å²) in [6.07, 6.45) is -0.0519. The summed E-state index contributed by atoms with van der Waals surface area (Å²) in [5, 5.41) is 0.461. The van der Waals surface area contributed by atoms with Crippen LogP contribution in [0.2, 0.25) is 5.02 Å². The number of alkyl halides is 3. The molecule has 36 heavy (non-hydrogen) atoms. The topological polar surface area (TPSA) is 116 Å². The van der Waals surface area contributed by atoms with Gasteiger partial charge in [-0.05, 0) is 43.2 Å². The van der Waals surface area contributed by atoms with Gasteiger partial charge in [-0.25, -0.2) is 15.0 Å². The summed E-state index contributed by atoms with van der Waals surface area (Å²) in [7, 11) is 0. The molecule has 186 valence electrons. The molecule has 0 radical (unpaired) electrons. The van der Waals surface area contributed by atoms with Gasteiger partial charge in [-0.2, -0.15) is 13.2 Å². The number of hydrogen-bond donors (Lipinski definition) is 2. The van der Waals surface area contributed by atoms with Crippen molar-refractivity contribution in [3.63, 3.8) is 0 Å². The summed E-state index contributed by atoms with van der Waals surface area (Å²) in [5.74, 6) is 0.663. The predicted octanol–water partition coefficient (Wildman–Crippen LogP) is 5.19. The van der Waals surface area contributed by atoms with Crippen molar-refractivity contribution in [1.29, 1.82) is 0 Å². The van der Waals surface area contributed by atoms with Gasteiger partial charge in [0.15, 0.2) is 5.75 Å². The molecule has 0 spiro atoms. The molecule has 1 aromatic carbocycles. The molecular formula is C24H21ClF3N7O. The van der Waals surface area contributed by atoms with Crippen LogP contribution < -0.4 is 21.1 Å². The predicted molar refractivity (Wildman–Crippen MR) is 132 cm³/mol. The Morgan fingerprint density at radius 3 is 2.64 bits per heavy atom. The van der Waals surface area contributed by atoms with Crippen LogP contribution in [0.1, 0.15) is 29.7 Å². The van der Waals surface area contributed by atoms with Gasteiger partial charge in [-0.1, -0.05) is 11.6 Å². The van der Waals surface area contributed by atoms with Gasteiger partial charge in [0.05, 0.1) is 45.5 Å². The molecule has 0 fully saturated rings. The summed E-state index contributed by atoms with van der Waals surface area (Å²) in [5.41, 5.74) is 12.1. The third kappa shape index (κ3) is 3.98. The number of anilines is 3. The number of pyridine rings is 2. The van der Waals surface area contributed by atoms with Crippen LogP contribution >= 0.6 is 11.6 Å². The zero-order valence-corrected chi connectivity index (χ0v) is 20.0. The lowest BCUT2D eigenvalue weighted by molar-refractivity contribution is -0.137. The van der Waals surface area contributed by atoms with E-state index in [0.29, 0.717) is 29.0 Å². The van der Waals surface area contributed by atoms with Gasteiger partial charge >= 0.3 is 6.18 Å². The summed E-state index contributed by atoms with van der Waals surface area (Å²) in [4.78, 5) is 19.0. The minimum Gasteiger partial charge on any atom is -0.489 e. The third-order valence-electron chi connectivity index (χ3n) is 6.16. The van der Waals surface area contributed by atoms with Crippen LogP contribution in [0.3, 0.4) is 0 Å². The Balaban J connectivity index is 1.74. The molecule has 4 aromatic rings. The van der Waals surface area contributed by atoms with E-state index in [9.17, 15) is 13.2 Å². The van der Waals surface area contributed by atoms with E-state index in [-0.39, 0.29) is 46.1 Å². The number of nitrogens with zero attached hydrogens (tertiary/aromatic N) is 5. The van der Waals surface area contributed by atoms with Crippen LogP contribution in [0.4, 0.5) is 30.5 Å². The highest BCUT2D eigenvalue weighted by molar-refractivity contribution is 6.36. The van der Waals surface area contributed by atoms with Crippen molar-refractivity contribution in [2.75, 3.05) is 29.5 Å². The zero-order chi connectivity index (χ0) is 25.8. The molecule has 4 heterocycles. The number of hydrogen-bond acceptors (Lipinski definition) is 8. The SMILES string of the molecule is Cc1cc(N)nc(-c2cc3ncnc4c3c(c2Cl)OCCN4[C@@H](C)c2cncc(N)c2)c1C(F)(F)F. The Bertz CT molecular complexity index is 1500. The van der Waals surface area contributed by atoms with Crippen LogP contribution in [0.15, 0.2) is 36.9 Å². The first-order valence-electron chi connectivity index (χ1n) is 11.0. The van der Waals surface area contributed by atoms with Gasteiger partial charge in [0.1, 0.15) is 24.6 Å². The molecule has 0 aliphatic carbocycles. The lowest BCUT2D eigenvalue weighted by Gasteiger charge is -2.29. The summed E-state index contributed by atoms with van der Waals surface area (Å²) in [6, 6.07) is 4.27. The van der Waals surface area contributed by atoms with Crippen molar-refractivity contribution in [3.05, 3.63) is 58.6 Å². The first-order chi connectivity index (χ1) is 17.1. The van der Waals surface area contributed by atoms with E-state index in [2.05, 4.69) is 19.9 Å². The quantitative estimate of drug-likeness (QED) is 0.383. The second-order valence-corrected chi connectivity index (χ2v) is 8.89. The number of ether oxygens (including phenoxy) is 1. The van der Waals surface area contributed by atoms with Crippen molar-refractivity contribution < 1.29 is 17.9 Å². The van der Waals surface area contributed by atoms with Gasteiger partial charge in [0.25, 0.3) is 0 Å². The van der Waals surface area contributed by atoms with E-state index in [0.717, 1.165) is 5.56 Å². The maximum absolute atomic E-state index is 14.0. The van der Waals surface area contributed by atoms with E-state index >= 15 is 0 Å². The lowest BCUT2D eigenvalue weighted by atomic mass is 9.99. The van der Waals surface area contributed by atoms with E-state index in [1.54, 1.807) is 12.4 Å². The Morgan fingerprint density at radius 1 is 1.14 bits per heavy atom. The van der Waals surface area contributed by atoms with Crippen molar-refractivity contribution in [3.8, 4) is 17.0 Å². The molecule has 3 aromatic heterocycles. The molecule has 0 saturated carbocycles. The minimum atomic E-state index is -4.68. The van der Waals surface area contributed by atoms with Crippen molar-refractivity contribution in [1.82, 2.24) is 19.9 Å². The Labute approximate surface area is 209 Å². The van der Waals surface area contributed by atoms with E-state index in [1.165, 1.54) is 25.4 Å². The van der Waals surface area contributed by atoms with Crippen LogP contribution in [0, 0.1) is 6.92 Å². The van der Waals surface area contributed by atoms with Crippen LogP contribution in [0.5, 0.6) is 5.75 Å². The highest BCUT2D eigenvalue weighted by atomic mass is 35.5. The standard InChI is InChI=1S/C24H21ClF3N7O/c1-11-5-17(30)34-21(19(11)24(26,27)28)15-7-16-18-22(20(15)25)36-4-3-35(23(18)33-10-32-16)12(2)13-6-14(29)9-31-8-13/h5-10,12H,3-4,29H2,1-2H3,(H2,30,34)/t12-/m0/s1. The molecule has 4 N–H and O–H groups in total. The molecule has 1 aliphatic rings. The molecule has 8 nitrogen and oxygen atoms in total. The monoisotopic (exact) mass is 515 g/mol. The highest BCUT2D eigenvalue weighted by Crippen LogP contribution is 2.48. The maximum atomic E-state index is 14.0. The molecule has 12 heteroatoms. The number of nitrogen functional groups attached to an aromatic ring is 2. The molecule has 5 rings (SSSR count). The number of halogens is 4. The van der Waals surface area contributed by atoms with Crippen LogP contribution in [-0.4, -0.2) is 33.1 Å². The third-order valence-corrected chi connectivity index (χ3v) is 6.53. The van der Waals surface area contributed by atoms with Crippen molar-refractivity contribution in [2.45, 2.75) is 26.1 Å². The van der Waals surface area contributed by atoms with Crippen molar-refractivity contribution >= 4 is 39.8 Å². The van der Waals surface area contributed by atoms with Gasteiger partial charge in [-0.15, -0.1) is 0 Å². The van der Waals surface area contributed by atoms with Gasteiger partial charge in [0.2, 0.25) is 0 Å². The normalized spacial score (nSPS) is 14.4. The Hall–Kier alpha value is -3.86. The number of aromatic nitrogens is 4. The Kier molecular flexibility index (Phi) is 5.74. The van der Waals surface area contributed by atoms with Gasteiger partial charge in [-0.3, -0.25) is 4.98 Å². The minimum absolute atomic E-state index is 0.0214. The van der Waals surface area contributed by atoms with Crippen LogP contribution in [0.25, 0.3) is 22.2 Å². The fourth-order valence-electron chi connectivity index (χ4n) is 4.54. The molecule has 0 bridgehead atoms. The van der Waals surface area contributed by atoms with Gasteiger partial charge < -0.3 is 21.1 Å². The second-order valence-electron chi connectivity index (χ2n) is 8.51. The number of aryl methyl sites for hydroxylation is 1. The van der Waals surface area contributed by atoms with E-state index < -0.39 is 11.7 Å². The van der Waals surface area contributed by atoms with Crippen molar-refractivity contribution in [2.24, 2.45) is 0 Å². The summed E-state index contributed by atoms with van der Waals surface area (Å²) in [6.45, 7) is 3.92. The Morgan fingerprint density at radius 2 is 1.92 bits per heavy atom. The zero-order valence-electron chi connectivity index (χ0n) is 19.3. The maximum Gasteiger partial charge on any atom is 0.418 e. The average molecular weight is 516 g/mol. The van der Waals surface area contributed by atoms with E-state index in [4.69, 9.17) is 27.8 Å².